The van der Waals surface area contributed by atoms with E-state index in [9.17, 15) is 0 Å². The van der Waals surface area contributed by atoms with E-state index in [4.69, 9.17) is 0 Å². The summed E-state index contributed by atoms with van der Waals surface area (Å²) < 4.78 is 1.33. The van der Waals surface area contributed by atoms with Crippen LogP contribution in [0.15, 0.2) is 42.0 Å². The monoisotopic (exact) mass is 200 g/mol. The Bertz CT molecular complexity index is 551. The van der Waals surface area contributed by atoms with Crippen molar-refractivity contribution < 1.29 is 0 Å². The van der Waals surface area contributed by atoms with Crippen molar-refractivity contribution in [1.82, 2.24) is 10.2 Å². The predicted octanol–water partition coefficient (Wildman–Crippen LogP) is 3.29. The van der Waals surface area contributed by atoms with Gasteiger partial charge in [-0.1, -0.05) is 6.07 Å². The van der Waals surface area contributed by atoms with Gasteiger partial charge in [-0.05, 0) is 34.5 Å². The summed E-state index contributed by atoms with van der Waals surface area (Å²) in [4.78, 5) is 0. The van der Waals surface area contributed by atoms with Gasteiger partial charge in [0.1, 0.15) is 0 Å². The average Bonchev–Trinajstić information content (AvgIpc) is 2.88. The van der Waals surface area contributed by atoms with Gasteiger partial charge in [0.15, 0.2) is 0 Å². The van der Waals surface area contributed by atoms with Gasteiger partial charge in [-0.2, -0.15) is 5.10 Å². The molecule has 0 saturated heterocycles. The number of benzene rings is 1. The van der Waals surface area contributed by atoms with E-state index in [0.717, 1.165) is 5.56 Å². The lowest BCUT2D eigenvalue weighted by Gasteiger charge is -1.96. The van der Waals surface area contributed by atoms with Gasteiger partial charge in [-0.3, -0.25) is 5.10 Å². The zero-order valence-corrected chi connectivity index (χ0v) is 8.21. The highest BCUT2D eigenvalue weighted by Crippen LogP contribution is 2.26. The maximum Gasteiger partial charge on any atom is 0.0565 e. The lowest BCUT2D eigenvalue weighted by Crippen LogP contribution is -1.72. The third-order valence-corrected chi connectivity index (χ3v) is 3.18. The molecule has 0 saturated carbocycles. The van der Waals surface area contributed by atoms with Crippen molar-refractivity contribution in [3.05, 3.63) is 42.0 Å². The minimum atomic E-state index is 1.14. The van der Waals surface area contributed by atoms with Crippen molar-refractivity contribution in [3.63, 3.8) is 0 Å². The largest absolute Gasteiger partial charge is 0.285 e. The Kier molecular flexibility index (Phi) is 1.64. The molecule has 3 aromatic rings. The Morgan fingerprint density at radius 2 is 2.14 bits per heavy atom. The molecule has 2 nitrogen and oxygen atoms in total. The molecule has 0 aliphatic heterocycles. The topological polar surface area (TPSA) is 28.7 Å². The summed E-state index contributed by atoms with van der Waals surface area (Å²) in [5.74, 6) is 0. The van der Waals surface area contributed by atoms with Crippen molar-refractivity contribution >= 4 is 21.4 Å². The second kappa shape index (κ2) is 2.96. The zero-order chi connectivity index (χ0) is 9.38. The van der Waals surface area contributed by atoms with E-state index in [-0.39, 0.29) is 0 Å². The normalized spacial score (nSPS) is 10.9. The van der Waals surface area contributed by atoms with Crippen LogP contribution in [0.1, 0.15) is 0 Å². The van der Waals surface area contributed by atoms with Crippen molar-refractivity contribution in [2.24, 2.45) is 0 Å². The lowest BCUT2D eigenvalue weighted by atomic mass is 10.1. The van der Waals surface area contributed by atoms with Crippen LogP contribution in [0.25, 0.3) is 21.2 Å². The smallest absolute Gasteiger partial charge is 0.0565 e. The first-order valence-corrected chi connectivity index (χ1v) is 5.28. The van der Waals surface area contributed by atoms with Gasteiger partial charge >= 0.3 is 0 Å². The summed E-state index contributed by atoms with van der Waals surface area (Å²) in [5, 5.41) is 10.2. The SMILES string of the molecule is c1cc2cc(-c3cn[nH]c3)ccc2s1. The summed E-state index contributed by atoms with van der Waals surface area (Å²) in [6.07, 6.45) is 3.75. The Morgan fingerprint density at radius 3 is 3.00 bits per heavy atom. The molecule has 0 radical (unpaired) electrons. The molecule has 0 unspecified atom stereocenters. The highest BCUT2D eigenvalue weighted by molar-refractivity contribution is 7.17. The molecule has 0 aliphatic carbocycles. The van der Waals surface area contributed by atoms with Crippen molar-refractivity contribution in [2.45, 2.75) is 0 Å². The van der Waals surface area contributed by atoms with Crippen LogP contribution in [0.5, 0.6) is 0 Å². The number of aromatic nitrogens is 2. The van der Waals surface area contributed by atoms with Crippen molar-refractivity contribution in [2.75, 3.05) is 0 Å². The minimum absolute atomic E-state index is 1.14. The molecular weight excluding hydrogens is 192 g/mol. The Morgan fingerprint density at radius 1 is 1.14 bits per heavy atom. The summed E-state index contributed by atoms with van der Waals surface area (Å²) in [5.41, 5.74) is 2.35. The van der Waals surface area contributed by atoms with Crippen LogP contribution in [0.3, 0.4) is 0 Å². The summed E-state index contributed by atoms with van der Waals surface area (Å²) in [7, 11) is 0. The fourth-order valence-electron chi connectivity index (χ4n) is 1.55. The number of hydrogen-bond donors (Lipinski definition) is 1. The zero-order valence-electron chi connectivity index (χ0n) is 7.40. The first kappa shape index (κ1) is 7.76. The number of H-pyrrole nitrogens is 1. The van der Waals surface area contributed by atoms with E-state index in [1.54, 1.807) is 11.3 Å². The number of aromatic amines is 1. The minimum Gasteiger partial charge on any atom is -0.285 e. The lowest BCUT2D eigenvalue weighted by molar-refractivity contribution is 1.09. The summed E-state index contributed by atoms with van der Waals surface area (Å²) in [6, 6.07) is 8.62. The molecule has 0 aliphatic rings. The van der Waals surface area contributed by atoms with E-state index in [0.29, 0.717) is 0 Å². The molecule has 0 spiro atoms. The highest BCUT2D eigenvalue weighted by Gasteiger charge is 2.00. The van der Waals surface area contributed by atoms with Gasteiger partial charge in [0.05, 0.1) is 6.20 Å². The van der Waals surface area contributed by atoms with Crippen molar-refractivity contribution in [3.8, 4) is 11.1 Å². The second-order valence-electron chi connectivity index (χ2n) is 3.16. The molecule has 1 N–H and O–H groups in total. The molecule has 2 heterocycles. The molecule has 3 rings (SSSR count). The van der Waals surface area contributed by atoms with Gasteiger partial charge in [0.25, 0.3) is 0 Å². The van der Waals surface area contributed by atoms with Gasteiger partial charge in [0.2, 0.25) is 0 Å². The van der Waals surface area contributed by atoms with Gasteiger partial charge in [-0.25, -0.2) is 0 Å². The number of nitrogens with one attached hydrogen (secondary N) is 1. The number of hydrogen-bond acceptors (Lipinski definition) is 2. The fraction of sp³-hybridized carbons (Fsp3) is 0. The van der Waals surface area contributed by atoms with Crippen LogP contribution in [0.4, 0.5) is 0 Å². The second-order valence-corrected chi connectivity index (χ2v) is 4.11. The molecule has 0 atom stereocenters. The van der Waals surface area contributed by atoms with Crippen LogP contribution >= 0.6 is 11.3 Å². The quantitative estimate of drug-likeness (QED) is 0.641. The Balaban J connectivity index is 2.23. The first-order chi connectivity index (χ1) is 6.93. The Labute approximate surface area is 85.2 Å². The van der Waals surface area contributed by atoms with E-state index in [1.165, 1.54) is 15.6 Å². The van der Waals surface area contributed by atoms with E-state index < -0.39 is 0 Å². The standard InChI is InChI=1S/C11H8N2S/c1-2-11-9(3-4-14-11)5-8(1)10-6-12-13-7-10/h1-7H,(H,12,13). The molecule has 0 amide bonds. The molecule has 3 heteroatoms. The molecule has 68 valence electrons. The third-order valence-electron chi connectivity index (χ3n) is 2.28. The summed E-state index contributed by atoms with van der Waals surface area (Å²) in [6.45, 7) is 0. The maximum absolute atomic E-state index is 3.94. The van der Waals surface area contributed by atoms with Crippen LogP contribution in [0.2, 0.25) is 0 Å². The number of fused-ring (bicyclic) bond motifs is 1. The fourth-order valence-corrected chi connectivity index (χ4v) is 2.33. The molecule has 0 fully saturated rings. The van der Waals surface area contributed by atoms with E-state index in [2.05, 4.69) is 39.8 Å². The number of rotatable bonds is 1. The molecular formula is C11H8N2S. The van der Waals surface area contributed by atoms with Gasteiger partial charge < -0.3 is 0 Å². The average molecular weight is 200 g/mol. The Hall–Kier alpha value is -1.61. The number of nitrogens with zero attached hydrogens (tertiary/aromatic N) is 1. The van der Waals surface area contributed by atoms with E-state index >= 15 is 0 Å². The predicted molar refractivity (Wildman–Crippen MR) is 59.4 cm³/mol. The highest BCUT2D eigenvalue weighted by atomic mass is 32.1. The molecule has 14 heavy (non-hydrogen) atoms. The first-order valence-electron chi connectivity index (χ1n) is 4.40. The molecule has 0 bridgehead atoms. The molecule has 2 aromatic heterocycles. The van der Waals surface area contributed by atoms with Gasteiger partial charge in [-0.15, -0.1) is 11.3 Å². The van der Waals surface area contributed by atoms with Crippen molar-refractivity contribution in [1.29, 1.82) is 0 Å². The van der Waals surface area contributed by atoms with Gasteiger partial charge in [0, 0.05) is 16.5 Å². The van der Waals surface area contributed by atoms with Crippen LogP contribution in [0, 0.1) is 0 Å². The number of thiophene rings is 1. The van der Waals surface area contributed by atoms with Crippen LogP contribution in [-0.2, 0) is 0 Å². The summed E-state index contributed by atoms with van der Waals surface area (Å²) >= 11 is 1.77. The van der Waals surface area contributed by atoms with E-state index in [1.807, 2.05) is 12.4 Å². The van der Waals surface area contributed by atoms with Crippen LogP contribution in [-0.4, -0.2) is 10.2 Å². The maximum atomic E-state index is 3.94. The van der Waals surface area contributed by atoms with Crippen LogP contribution < -0.4 is 0 Å². The molecule has 1 aromatic carbocycles. The third kappa shape index (κ3) is 1.14.